The van der Waals surface area contributed by atoms with Crippen LogP contribution in [-0.4, -0.2) is 46.3 Å². The van der Waals surface area contributed by atoms with Gasteiger partial charge in [-0.15, -0.1) is 0 Å². The zero-order chi connectivity index (χ0) is 20.4. The average molecular weight is 386 g/mol. The summed E-state index contributed by atoms with van der Waals surface area (Å²) in [6.45, 7) is 1.26. The van der Waals surface area contributed by atoms with Crippen LogP contribution in [0.2, 0.25) is 0 Å². The predicted octanol–water partition coefficient (Wildman–Crippen LogP) is 1.55. The van der Waals surface area contributed by atoms with E-state index >= 15 is 0 Å². The molecule has 0 saturated carbocycles. The molecule has 2 rings (SSSR count). The number of rotatable bonds is 9. The van der Waals surface area contributed by atoms with Crippen molar-refractivity contribution in [3.63, 3.8) is 0 Å². The van der Waals surface area contributed by atoms with E-state index < -0.39 is 0 Å². The van der Waals surface area contributed by atoms with Crippen molar-refractivity contribution in [2.45, 2.75) is 6.54 Å². The van der Waals surface area contributed by atoms with E-state index in [-0.39, 0.29) is 5.91 Å². The van der Waals surface area contributed by atoms with Gasteiger partial charge in [0.2, 0.25) is 0 Å². The van der Waals surface area contributed by atoms with E-state index in [1.807, 2.05) is 18.2 Å². The summed E-state index contributed by atoms with van der Waals surface area (Å²) in [7, 11) is 4.73. The summed E-state index contributed by atoms with van der Waals surface area (Å²) in [5, 5.41) is 5.77. The van der Waals surface area contributed by atoms with Crippen molar-refractivity contribution in [1.82, 2.24) is 10.6 Å². The van der Waals surface area contributed by atoms with Crippen LogP contribution in [0.25, 0.3) is 0 Å². The SMILES string of the molecule is COc1cccc(C(=O)NCCNC(N)=NCc2ccc(OC)c(OC)c2)c1. The maximum absolute atomic E-state index is 12.1. The first-order valence-corrected chi connectivity index (χ1v) is 8.74. The largest absolute Gasteiger partial charge is 0.497 e. The van der Waals surface area contributed by atoms with Gasteiger partial charge >= 0.3 is 0 Å². The fraction of sp³-hybridized carbons (Fsp3) is 0.300. The van der Waals surface area contributed by atoms with Crippen LogP contribution in [0.1, 0.15) is 15.9 Å². The Balaban J connectivity index is 1.77. The smallest absolute Gasteiger partial charge is 0.251 e. The molecule has 2 aromatic rings. The van der Waals surface area contributed by atoms with Gasteiger partial charge in [0.25, 0.3) is 5.91 Å². The lowest BCUT2D eigenvalue weighted by molar-refractivity contribution is 0.0954. The van der Waals surface area contributed by atoms with E-state index in [9.17, 15) is 4.79 Å². The minimum Gasteiger partial charge on any atom is -0.497 e. The highest BCUT2D eigenvalue weighted by Gasteiger charge is 2.06. The molecule has 0 fully saturated rings. The van der Waals surface area contributed by atoms with Gasteiger partial charge in [-0.1, -0.05) is 12.1 Å². The molecule has 8 nitrogen and oxygen atoms in total. The number of nitrogens with zero attached hydrogens (tertiary/aromatic N) is 1. The highest BCUT2D eigenvalue weighted by molar-refractivity contribution is 5.94. The first kappa shape index (κ1) is 20.9. The lowest BCUT2D eigenvalue weighted by atomic mass is 10.2. The number of guanidine groups is 1. The fourth-order valence-corrected chi connectivity index (χ4v) is 2.44. The summed E-state index contributed by atoms with van der Waals surface area (Å²) < 4.78 is 15.6. The molecule has 0 spiro atoms. The Bertz CT molecular complexity index is 824. The van der Waals surface area contributed by atoms with Crippen LogP contribution in [0.3, 0.4) is 0 Å². The Hall–Kier alpha value is -3.42. The second-order valence-electron chi connectivity index (χ2n) is 5.81. The number of carbonyl (C=O) groups excluding carboxylic acids is 1. The molecule has 8 heteroatoms. The molecule has 1 amide bonds. The van der Waals surface area contributed by atoms with Gasteiger partial charge < -0.3 is 30.6 Å². The number of ether oxygens (including phenoxy) is 3. The number of hydrogen-bond acceptors (Lipinski definition) is 5. The third-order valence-corrected chi connectivity index (χ3v) is 3.93. The van der Waals surface area contributed by atoms with Gasteiger partial charge in [0.1, 0.15) is 5.75 Å². The predicted molar refractivity (Wildman–Crippen MR) is 108 cm³/mol. The molecule has 4 N–H and O–H groups in total. The summed E-state index contributed by atoms with van der Waals surface area (Å²) in [5.74, 6) is 2.05. The number of benzene rings is 2. The summed E-state index contributed by atoms with van der Waals surface area (Å²) >= 11 is 0. The molecule has 0 unspecified atom stereocenters. The Morgan fingerprint density at radius 3 is 2.43 bits per heavy atom. The zero-order valence-corrected chi connectivity index (χ0v) is 16.3. The zero-order valence-electron chi connectivity index (χ0n) is 16.3. The third kappa shape index (κ3) is 6.08. The minimum atomic E-state index is -0.179. The Morgan fingerprint density at radius 1 is 0.964 bits per heavy atom. The quantitative estimate of drug-likeness (QED) is 0.343. The molecule has 0 aromatic heterocycles. The van der Waals surface area contributed by atoms with Crippen LogP contribution >= 0.6 is 0 Å². The van der Waals surface area contributed by atoms with E-state index in [4.69, 9.17) is 19.9 Å². The number of carbonyl (C=O) groups is 1. The molecule has 0 aliphatic rings. The maximum atomic E-state index is 12.1. The Morgan fingerprint density at radius 2 is 1.71 bits per heavy atom. The number of amides is 1. The van der Waals surface area contributed by atoms with Crippen LogP contribution in [0.5, 0.6) is 17.2 Å². The topological polar surface area (TPSA) is 107 Å². The molecule has 0 heterocycles. The van der Waals surface area contributed by atoms with E-state index in [1.165, 1.54) is 0 Å². The maximum Gasteiger partial charge on any atom is 0.251 e. The second kappa shape index (κ2) is 10.7. The van der Waals surface area contributed by atoms with E-state index in [0.29, 0.717) is 48.4 Å². The van der Waals surface area contributed by atoms with Crippen molar-refractivity contribution in [3.05, 3.63) is 53.6 Å². The van der Waals surface area contributed by atoms with Crippen LogP contribution < -0.4 is 30.6 Å². The molecule has 28 heavy (non-hydrogen) atoms. The van der Waals surface area contributed by atoms with Gasteiger partial charge in [0.15, 0.2) is 17.5 Å². The Kier molecular flexibility index (Phi) is 7.95. The molecular weight excluding hydrogens is 360 g/mol. The van der Waals surface area contributed by atoms with E-state index in [2.05, 4.69) is 15.6 Å². The lowest BCUT2D eigenvalue weighted by Crippen LogP contribution is -2.38. The van der Waals surface area contributed by atoms with Crippen molar-refractivity contribution < 1.29 is 19.0 Å². The summed E-state index contributed by atoms with van der Waals surface area (Å²) in [4.78, 5) is 16.4. The highest BCUT2D eigenvalue weighted by atomic mass is 16.5. The van der Waals surface area contributed by atoms with Gasteiger partial charge in [0.05, 0.1) is 27.9 Å². The standard InChI is InChI=1S/C20H26N4O4/c1-26-16-6-4-5-15(12-16)19(25)22-9-10-23-20(21)24-13-14-7-8-17(27-2)18(11-14)28-3/h4-8,11-12H,9-10,13H2,1-3H3,(H,22,25)(H3,21,23,24). The summed E-state index contributed by atoms with van der Waals surface area (Å²) in [6, 6.07) is 12.5. The minimum absolute atomic E-state index is 0.179. The van der Waals surface area contributed by atoms with Gasteiger partial charge in [0, 0.05) is 18.7 Å². The van der Waals surface area contributed by atoms with Crippen LogP contribution in [0.4, 0.5) is 0 Å². The van der Waals surface area contributed by atoms with Crippen LogP contribution in [0.15, 0.2) is 47.5 Å². The molecule has 0 bridgehead atoms. The van der Waals surface area contributed by atoms with E-state index in [0.717, 1.165) is 5.56 Å². The van der Waals surface area contributed by atoms with Crippen LogP contribution in [0, 0.1) is 0 Å². The second-order valence-corrected chi connectivity index (χ2v) is 5.81. The first-order valence-electron chi connectivity index (χ1n) is 8.74. The lowest BCUT2D eigenvalue weighted by Gasteiger charge is -2.10. The van der Waals surface area contributed by atoms with Gasteiger partial charge in [-0.2, -0.15) is 0 Å². The average Bonchev–Trinajstić information content (AvgIpc) is 2.74. The monoisotopic (exact) mass is 386 g/mol. The van der Waals surface area contributed by atoms with Crippen molar-refractivity contribution in [3.8, 4) is 17.2 Å². The molecule has 150 valence electrons. The highest BCUT2D eigenvalue weighted by Crippen LogP contribution is 2.27. The number of hydrogen-bond donors (Lipinski definition) is 3. The summed E-state index contributed by atoms with van der Waals surface area (Å²) in [6.07, 6.45) is 0. The number of aliphatic imine (C=N–C) groups is 1. The van der Waals surface area contributed by atoms with Gasteiger partial charge in [-0.25, -0.2) is 4.99 Å². The van der Waals surface area contributed by atoms with Crippen molar-refractivity contribution in [2.75, 3.05) is 34.4 Å². The molecular formula is C20H26N4O4. The van der Waals surface area contributed by atoms with Gasteiger partial charge in [-0.3, -0.25) is 4.79 Å². The number of nitrogens with two attached hydrogens (primary N) is 1. The van der Waals surface area contributed by atoms with Crippen LogP contribution in [-0.2, 0) is 6.54 Å². The summed E-state index contributed by atoms with van der Waals surface area (Å²) in [5.41, 5.74) is 7.34. The number of methoxy groups -OCH3 is 3. The molecule has 0 radical (unpaired) electrons. The number of nitrogens with one attached hydrogen (secondary N) is 2. The van der Waals surface area contributed by atoms with Gasteiger partial charge in [-0.05, 0) is 35.9 Å². The molecule has 0 atom stereocenters. The van der Waals surface area contributed by atoms with Crippen molar-refractivity contribution in [2.24, 2.45) is 10.7 Å². The van der Waals surface area contributed by atoms with E-state index in [1.54, 1.807) is 45.6 Å². The first-order chi connectivity index (χ1) is 13.6. The fourth-order valence-electron chi connectivity index (χ4n) is 2.44. The van der Waals surface area contributed by atoms with Crippen molar-refractivity contribution >= 4 is 11.9 Å². The molecule has 0 aliphatic carbocycles. The molecule has 2 aromatic carbocycles. The third-order valence-electron chi connectivity index (χ3n) is 3.93. The van der Waals surface area contributed by atoms with Crippen molar-refractivity contribution in [1.29, 1.82) is 0 Å². The molecule has 0 saturated heterocycles. The Labute approximate surface area is 164 Å². The normalized spacial score (nSPS) is 10.9. The molecule has 0 aliphatic heterocycles.